The van der Waals surface area contributed by atoms with Gasteiger partial charge >= 0.3 is 0 Å². The summed E-state index contributed by atoms with van der Waals surface area (Å²) < 4.78 is 0. The number of likely N-dealkylation sites (tertiary alicyclic amines) is 1. The van der Waals surface area contributed by atoms with E-state index in [-0.39, 0.29) is 24.0 Å². The van der Waals surface area contributed by atoms with Crippen molar-refractivity contribution in [3.63, 3.8) is 0 Å². The van der Waals surface area contributed by atoms with E-state index in [9.17, 15) is 0 Å². The molecule has 1 aliphatic rings. The number of nitrogens with one attached hydrogen (secondary N) is 2. The second-order valence-corrected chi connectivity index (χ2v) is 6.95. The molecular formula is C19H42IN5. The molecule has 1 rings (SSSR count). The lowest BCUT2D eigenvalue weighted by molar-refractivity contribution is 0.206. The zero-order chi connectivity index (χ0) is 17.6. The Hall–Kier alpha value is -0.0800. The van der Waals surface area contributed by atoms with Crippen molar-refractivity contribution >= 4 is 29.9 Å². The summed E-state index contributed by atoms with van der Waals surface area (Å²) in [6.07, 6.45) is 7.37. The van der Waals surface area contributed by atoms with Gasteiger partial charge < -0.3 is 20.4 Å². The lowest BCUT2D eigenvalue weighted by atomic mass is 10.1. The lowest BCUT2D eigenvalue weighted by Gasteiger charge is -2.32. The molecule has 1 saturated heterocycles. The van der Waals surface area contributed by atoms with Crippen LogP contribution in [0.15, 0.2) is 4.99 Å². The second kappa shape index (κ2) is 16.1. The molecule has 1 fully saturated rings. The fourth-order valence-corrected chi connectivity index (χ4v) is 3.48. The normalized spacial score (nSPS) is 16.8. The predicted octanol–water partition coefficient (Wildman–Crippen LogP) is 3.16. The fraction of sp³-hybridized carbons (Fsp3) is 0.947. The summed E-state index contributed by atoms with van der Waals surface area (Å²) in [5, 5.41) is 7.10. The molecule has 25 heavy (non-hydrogen) atoms. The SMILES string of the molecule is CCCN(CCC)CCCNC(=NC)NC1CCN(CCC)CC1.I. The molecule has 5 nitrogen and oxygen atoms in total. The Morgan fingerprint density at radius 2 is 1.68 bits per heavy atom. The largest absolute Gasteiger partial charge is 0.356 e. The van der Waals surface area contributed by atoms with Crippen molar-refractivity contribution in [2.24, 2.45) is 4.99 Å². The Kier molecular flexibility index (Phi) is 16.1. The van der Waals surface area contributed by atoms with Gasteiger partial charge in [0, 0.05) is 32.7 Å². The van der Waals surface area contributed by atoms with Gasteiger partial charge in [0.25, 0.3) is 0 Å². The summed E-state index contributed by atoms with van der Waals surface area (Å²) in [6, 6.07) is 0.570. The molecule has 0 amide bonds. The van der Waals surface area contributed by atoms with Crippen LogP contribution in [0.5, 0.6) is 0 Å². The van der Waals surface area contributed by atoms with Gasteiger partial charge in [0.2, 0.25) is 0 Å². The maximum atomic E-state index is 4.39. The molecule has 2 N–H and O–H groups in total. The van der Waals surface area contributed by atoms with Crippen LogP contribution in [0.25, 0.3) is 0 Å². The molecule has 1 heterocycles. The fourth-order valence-electron chi connectivity index (χ4n) is 3.48. The first-order valence-electron chi connectivity index (χ1n) is 10.1. The summed E-state index contributed by atoms with van der Waals surface area (Å²) in [7, 11) is 1.88. The molecule has 0 radical (unpaired) electrons. The van der Waals surface area contributed by atoms with Gasteiger partial charge in [-0.2, -0.15) is 0 Å². The molecule has 0 spiro atoms. The first-order chi connectivity index (χ1) is 11.7. The molecule has 1 aliphatic heterocycles. The van der Waals surface area contributed by atoms with Gasteiger partial charge in [-0.25, -0.2) is 0 Å². The molecule has 6 heteroatoms. The molecule has 0 saturated carbocycles. The van der Waals surface area contributed by atoms with Crippen molar-refractivity contribution in [3.05, 3.63) is 0 Å². The number of aliphatic imine (C=N–C) groups is 1. The van der Waals surface area contributed by atoms with E-state index in [1.54, 1.807) is 0 Å². The van der Waals surface area contributed by atoms with Crippen LogP contribution in [0.4, 0.5) is 0 Å². The Balaban J connectivity index is 0.00000576. The standard InChI is InChI=1S/C19H41N5.HI/c1-5-12-23(13-6-2)15-8-11-21-19(20-4)22-18-9-16-24(14-7-3)17-10-18;/h18H,5-17H2,1-4H3,(H2,20,21,22);1H. The van der Waals surface area contributed by atoms with Crippen LogP contribution in [0, 0.1) is 0 Å². The number of guanidine groups is 1. The highest BCUT2D eigenvalue weighted by molar-refractivity contribution is 14.0. The van der Waals surface area contributed by atoms with Crippen LogP contribution < -0.4 is 10.6 Å². The minimum atomic E-state index is 0. The van der Waals surface area contributed by atoms with Crippen molar-refractivity contribution in [3.8, 4) is 0 Å². The number of hydrogen-bond donors (Lipinski definition) is 2. The van der Waals surface area contributed by atoms with Crippen LogP contribution in [-0.2, 0) is 0 Å². The number of nitrogens with zero attached hydrogens (tertiary/aromatic N) is 3. The number of halogens is 1. The summed E-state index contributed by atoms with van der Waals surface area (Å²) in [6.45, 7) is 15.1. The predicted molar refractivity (Wildman–Crippen MR) is 121 cm³/mol. The molecule has 0 bridgehead atoms. The highest BCUT2D eigenvalue weighted by Crippen LogP contribution is 2.10. The Morgan fingerprint density at radius 3 is 2.20 bits per heavy atom. The molecule has 0 atom stereocenters. The molecular weight excluding hydrogens is 425 g/mol. The molecule has 0 aliphatic carbocycles. The van der Waals surface area contributed by atoms with Crippen molar-refractivity contribution < 1.29 is 0 Å². The highest BCUT2D eigenvalue weighted by atomic mass is 127. The maximum Gasteiger partial charge on any atom is 0.191 e. The van der Waals surface area contributed by atoms with Crippen LogP contribution in [0.2, 0.25) is 0 Å². The summed E-state index contributed by atoms with van der Waals surface area (Å²) in [4.78, 5) is 9.54. The third-order valence-electron chi connectivity index (χ3n) is 4.72. The van der Waals surface area contributed by atoms with Gasteiger partial charge in [0.05, 0.1) is 0 Å². The van der Waals surface area contributed by atoms with Crippen molar-refractivity contribution in [1.82, 2.24) is 20.4 Å². The van der Waals surface area contributed by atoms with Gasteiger partial charge in [-0.05, 0) is 64.7 Å². The first-order valence-corrected chi connectivity index (χ1v) is 10.1. The van der Waals surface area contributed by atoms with Crippen LogP contribution >= 0.6 is 24.0 Å². The van der Waals surface area contributed by atoms with E-state index >= 15 is 0 Å². The summed E-state index contributed by atoms with van der Waals surface area (Å²) in [5.74, 6) is 0.974. The topological polar surface area (TPSA) is 42.9 Å². The average Bonchev–Trinajstić information content (AvgIpc) is 2.59. The van der Waals surface area contributed by atoms with Gasteiger partial charge in [0.1, 0.15) is 0 Å². The van der Waals surface area contributed by atoms with Gasteiger partial charge in [-0.15, -0.1) is 24.0 Å². The van der Waals surface area contributed by atoms with E-state index in [0.717, 1.165) is 12.5 Å². The summed E-state index contributed by atoms with van der Waals surface area (Å²) >= 11 is 0. The van der Waals surface area contributed by atoms with Gasteiger partial charge in [0.15, 0.2) is 5.96 Å². The van der Waals surface area contributed by atoms with E-state index in [0.29, 0.717) is 6.04 Å². The minimum absolute atomic E-state index is 0. The van der Waals surface area contributed by atoms with Crippen LogP contribution in [0.1, 0.15) is 59.3 Å². The van der Waals surface area contributed by atoms with E-state index in [1.165, 1.54) is 77.8 Å². The van der Waals surface area contributed by atoms with E-state index in [2.05, 4.69) is 46.2 Å². The number of rotatable bonds is 11. The molecule has 150 valence electrons. The third kappa shape index (κ3) is 11.3. The van der Waals surface area contributed by atoms with E-state index in [4.69, 9.17) is 0 Å². The van der Waals surface area contributed by atoms with E-state index in [1.807, 2.05) is 7.05 Å². The lowest BCUT2D eigenvalue weighted by Crippen LogP contribution is -2.49. The quantitative estimate of drug-likeness (QED) is 0.212. The average molecular weight is 467 g/mol. The van der Waals surface area contributed by atoms with Crippen LogP contribution in [0.3, 0.4) is 0 Å². The summed E-state index contributed by atoms with van der Waals surface area (Å²) in [5.41, 5.74) is 0. The molecule has 0 aromatic heterocycles. The Bertz CT molecular complexity index is 324. The van der Waals surface area contributed by atoms with Crippen molar-refractivity contribution in [2.45, 2.75) is 65.3 Å². The third-order valence-corrected chi connectivity index (χ3v) is 4.72. The van der Waals surface area contributed by atoms with Gasteiger partial charge in [-0.1, -0.05) is 20.8 Å². The second-order valence-electron chi connectivity index (χ2n) is 6.95. The highest BCUT2D eigenvalue weighted by Gasteiger charge is 2.19. The van der Waals surface area contributed by atoms with Crippen molar-refractivity contribution in [2.75, 3.05) is 52.9 Å². The smallest absolute Gasteiger partial charge is 0.191 e. The number of hydrogen-bond acceptors (Lipinski definition) is 3. The maximum absolute atomic E-state index is 4.39. The molecule has 0 aromatic carbocycles. The van der Waals surface area contributed by atoms with Crippen molar-refractivity contribution in [1.29, 1.82) is 0 Å². The van der Waals surface area contributed by atoms with Crippen LogP contribution in [-0.4, -0.2) is 74.7 Å². The minimum Gasteiger partial charge on any atom is -0.356 e. The Morgan fingerprint density at radius 1 is 1.04 bits per heavy atom. The zero-order valence-corrected chi connectivity index (χ0v) is 19.3. The Labute approximate surface area is 173 Å². The molecule has 0 aromatic rings. The van der Waals surface area contributed by atoms with Gasteiger partial charge in [-0.3, -0.25) is 4.99 Å². The number of piperidine rings is 1. The zero-order valence-electron chi connectivity index (χ0n) is 17.0. The monoisotopic (exact) mass is 467 g/mol. The molecule has 0 unspecified atom stereocenters. The van der Waals surface area contributed by atoms with E-state index < -0.39 is 0 Å². The first kappa shape index (κ1) is 24.9.